The Kier molecular flexibility index (Phi) is 5.68. The molecule has 1 N–H and O–H groups in total. The van der Waals surface area contributed by atoms with Crippen molar-refractivity contribution < 1.29 is 14.5 Å². The summed E-state index contributed by atoms with van der Waals surface area (Å²) >= 11 is 0. The molecule has 1 rings (SSSR count). The number of carbonyl (C=O) groups excluding carboxylic acids is 1. The van der Waals surface area contributed by atoms with Crippen LogP contribution in [0.15, 0.2) is 18.3 Å². The fraction of sp³-hybridized carbons (Fsp3) is 0.455. The van der Waals surface area contributed by atoms with E-state index in [-0.39, 0.29) is 24.0 Å². The fourth-order valence-electron chi connectivity index (χ4n) is 1.46. The molecule has 0 bridgehead atoms. The third-order valence-corrected chi connectivity index (χ3v) is 2.33. The number of nitro groups is 1. The average molecular weight is 268 g/mol. The predicted molar refractivity (Wildman–Crippen MR) is 69.0 cm³/mol. The molecule has 1 aromatic heterocycles. The van der Waals surface area contributed by atoms with E-state index in [1.54, 1.807) is 7.05 Å². The summed E-state index contributed by atoms with van der Waals surface area (Å²) in [6.45, 7) is 0.800. The van der Waals surface area contributed by atoms with Crippen molar-refractivity contribution in [2.45, 2.75) is 0 Å². The highest BCUT2D eigenvalue weighted by atomic mass is 16.6. The summed E-state index contributed by atoms with van der Waals surface area (Å²) in [5.74, 6) is -0.0890. The van der Waals surface area contributed by atoms with Crippen LogP contribution in [0, 0.1) is 10.1 Å². The molecule has 19 heavy (non-hydrogen) atoms. The maximum atomic E-state index is 11.6. The highest BCUT2D eigenvalue weighted by molar-refractivity contribution is 5.81. The van der Waals surface area contributed by atoms with E-state index in [0.29, 0.717) is 13.2 Å². The molecule has 0 spiro atoms. The normalized spacial score (nSPS) is 10.0. The summed E-state index contributed by atoms with van der Waals surface area (Å²) < 4.78 is 4.80. The summed E-state index contributed by atoms with van der Waals surface area (Å²) in [6, 6.07) is 2.83. The van der Waals surface area contributed by atoms with Crippen molar-refractivity contribution in [3.05, 3.63) is 28.4 Å². The molecule has 1 amide bonds. The molecule has 0 saturated carbocycles. The van der Waals surface area contributed by atoms with Crippen molar-refractivity contribution in [1.29, 1.82) is 0 Å². The Labute approximate surface area is 110 Å². The lowest BCUT2D eigenvalue weighted by molar-refractivity contribution is -0.384. The molecular weight excluding hydrogens is 252 g/mol. The third-order valence-electron chi connectivity index (χ3n) is 2.33. The number of ether oxygens (including phenoxy) is 1. The van der Waals surface area contributed by atoms with E-state index in [4.69, 9.17) is 4.74 Å². The number of nitrogens with zero attached hydrogens (tertiary/aromatic N) is 3. The molecule has 0 atom stereocenters. The maximum Gasteiger partial charge on any atom is 0.311 e. The standard InChI is InChI=1S/C11H16N4O4/c1-14(8-10(16)12-6-7-19-2)11-9(15(17)18)4-3-5-13-11/h3-5H,6-8H2,1-2H3,(H,12,16). The topological polar surface area (TPSA) is 97.6 Å². The van der Waals surface area contributed by atoms with Gasteiger partial charge >= 0.3 is 5.69 Å². The van der Waals surface area contributed by atoms with Gasteiger partial charge < -0.3 is 15.0 Å². The zero-order chi connectivity index (χ0) is 14.3. The van der Waals surface area contributed by atoms with Crippen molar-refractivity contribution >= 4 is 17.4 Å². The molecule has 0 unspecified atom stereocenters. The van der Waals surface area contributed by atoms with Crippen LogP contribution in [0.1, 0.15) is 0 Å². The van der Waals surface area contributed by atoms with E-state index >= 15 is 0 Å². The first-order valence-corrected chi connectivity index (χ1v) is 5.62. The number of aromatic nitrogens is 1. The molecule has 0 saturated heterocycles. The summed E-state index contributed by atoms with van der Waals surface area (Å²) in [7, 11) is 3.11. The zero-order valence-electron chi connectivity index (χ0n) is 10.8. The van der Waals surface area contributed by atoms with Gasteiger partial charge in [-0.1, -0.05) is 0 Å². The van der Waals surface area contributed by atoms with Crippen molar-refractivity contribution in [1.82, 2.24) is 10.3 Å². The molecular formula is C11H16N4O4. The highest BCUT2D eigenvalue weighted by Gasteiger charge is 2.19. The number of likely N-dealkylation sites (N-methyl/N-ethyl adjacent to an activating group) is 1. The first-order chi connectivity index (χ1) is 9.06. The van der Waals surface area contributed by atoms with E-state index in [1.807, 2.05) is 0 Å². The largest absolute Gasteiger partial charge is 0.383 e. The quantitative estimate of drug-likeness (QED) is 0.430. The number of anilines is 1. The second kappa shape index (κ2) is 7.27. The van der Waals surface area contributed by atoms with Gasteiger partial charge in [0, 0.05) is 33.0 Å². The lowest BCUT2D eigenvalue weighted by Gasteiger charge is -2.17. The van der Waals surface area contributed by atoms with Crippen LogP contribution in [0.25, 0.3) is 0 Å². The lowest BCUT2D eigenvalue weighted by Crippen LogP contribution is -2.37. The molecule has 8 nitrogen and oxygen atoms in total. The van der Waals surface area contributed by atoms with Gasteiger partial charge in [0.25, 0.3) is 0 Å². The number of nitrogens with one attached hydrogen (secondary N) is 1. The Morgan fingerprint density at radius 1 is 1.63 bits per heavy atom. The van der Waals surface area contributed by atoms with Crippen LogP contribution in [0.4, 0.5) is 11.5 Å². The van der Waals surface area contributed by atoms with Crippen LogP contribution in [0.3, 0.4) is 0 Å². The van der Waals surface area contributed by atoms with Gasteiger partial charge in [0.1, 0.15) is 0 Å². The van der Waals surface area contributed by atoms with Gasteiger partial charge in [-0.15, -0.1) is 0 Å². The van der Waals surface area contributed by atoms with Gasteiger partial charge in [0.15, 0.2) is 0 Å². The van der Waals surface area contributed by atoms with Crippen LogP contribution in [0.2, 0.25) is 0 Å². The summed E-state index contributed by atoms with van der Waals surface area (Å²) in [5, 5.41) is 13.5. The van der Waals surface area contributed by atoms with Gasteiger partial charge in [-0.2, -0.15) is 0 Å². The monoisotopic (exact) mass is 268 g/mol. The Hall–Kier alpha value is -2.22. The summed E-state index contributed by atoms with van der Waals surface area (Å²) in [6.07, 6.45) is 1.45. The number of hydrogen-bond acceptors (Lipinski definition) is 6. The van der Waals surface area contributed by atoms with E-state index < -0.39 is 4.92 Å². The summed E-state index contributed by atoms with van der Waals surface area (Å²) in [4.78, 5) is 27.3. The maximum absolute atomic E-state index is 11.6. The second-order valence-corrected chi connectivity index (χ2v) is 3.80. The molecule has 0 radical (unpaired) electrons. The molecule has 0 aliphatic carbocycles. The number of pyridine rings is 1. The molecule has 8 heteroatoms. The first-order valence-electron chi connectivity index (χ1n) is 5.62. The third kappa shape index (κ3) is 4.51. The minimum absolute atomic E-state index is 0.0123. The van der Waals surface area contributed by atoms with Crippen LogP contribution in [-0.4, -0.2) is 49.7 Å². The van der Waals surface area contributed by atoms with Crippen molar-refractivity contribution in [3.8, 4) is 0 Å². The predicted octanol–water partition coefficient (Wildman–Crippen LogP) is 0.189. The molecule has 0 aromatic carbocycles. The van der Waals surface area contributed by atoms with Gasteiger partial charge in [-0.3, -0.25) is 14.9 Å². The van der Waals surface area contributed by atoms with Crippen LogP contribution < -0.4 is 10.2 Å². The number of rotatable bonds is 7. The van der Waals surface area contributed by atoms with E-state index in [9.17, 15) is 14.9 Å². The number of carbonyl (C=O) groups is 1. The van der Waals surface area contributed by atoms with E-state index in [1.165, 1.54) is 30.3 Å². The summed E-state index contributed by atoms with van der Waals surface area (Å²) in [5.41, 5.74) is -0.130. The molecule has 0 aliphatic rings. The van der Waals surface area contributed by atoms with Crippen LogP contribution >= 0.6 is 0 Å². The molecule has 104 valence electrons. The van der Waals surface area contributed by atoms with Gasteiger partial charge in [0.2, 0.25) is 11.7 Å². The average Bonchev–Trinajstić information content (AvgIpc) is 2.39. The Bertz CT molecular complexity index is 452. The zero-order valence-corrected chi connectivity index (χ0v) is 10.8. The second-order valence-electron chi connectivity index (χ2n) is 3.80. The van der Waals surface area contributed by atoms with Crippen molar-refractivity contribution in [2.75, 3.05) is 38.8 Å². The minimum atomic E-state index is -0.526. The van der Waals surface area contributed by atoms with Gasteiger partial charge in [-0.05, 0) is 6.07 Å². The molecule has 0 fully saturated rings. The Morgan fingerprint density at radius 3 is 3.00 bits per heavy atom. The SMILES string of the molecule is COCCNC(=O)CN(C)c1ncccc1[N+](=O)[O-]. The Morgan fingerprint density at radius 2 is 2.37 bits per heavy atom. The fourth-order valence-corrected chi connectivity index (χ4v) is 1.46. The Balaban J connectivity index is 2.65. The smallest absolute Gasteiger partial charge is 0.311 e. The van der Waals surface area contributed by atoms with Gasteiger partial charge in [0.05, 0.1) is 18.1 Å². The minimum Gasteiger partial charge on any atom is -0.383 e. The molecule has 1 heterocycles. The van der Waals surface area contributed by atoms with Gasteiger partial charge in [-0.25, -0.2) is 4.98 Å². The van der Waals surface area contributed by atoms with Crippen LogP contribution in [0.5, 0.6) is 0 Å². The van der Waals surface area contributed by atoms with E-state index in [2.05, 4.69) is 10.3 Å². The van der Waals surface area contributed by atoms with Crippen molar-refractivity contribution in [3.63, 3.8) is 0 Å². The van der Waals surface area contributed by atoms with E-state index in [0.717, 1.165) is 0 Å². The van der Waals surface area contributed by atoms with Crippen LogP contribution in [-0.2, 0) is 9.53 Å². The first kappa shape index (κ1) is 14.8. The van der Waals surface area contributed by atoms with Crippen molar-refractivity contribution in [2.24, 2.45) is 0 Å². The molecule has 0 aliphatic heterocycles. The number of hydrogen-bond donors (Lipinski definition) is 1. The molecule has 1 aromatic rings. The number of methoxy groups -OCH3 is 1. The lowest BCUT2D eigenvalue weighted by atomic mass is 10.3. The number of amides is 1. The highest BCUT2D eigenvalue weighted by Crippen LogP contribution is 2.23.